The first-order valence-electron chi connectivity index (χ1n) is 6.15. The van der Waals surface area contributed by atoms with Gasteiger partial charge in [0.15, 0.2) is 11.6 Å². The molecule has 1 aliphatic heterocycles. The van der Waals surface area contributed by atoms with Gasteiger partial charge in [0, 0.05) is 12.6 Å². The Kier molecular flexibility index (Phi) is 3.12. The normalized spacial score (nSPS) is 21.3. The van der Waals surface area contributed by atoms with Crippen LogP contribution in [0.5, 0.6) is 0 Å². The Hall–Kier alpha value is -1.66. The van der Waals surface area contributed by atoms with Crippen LogP contribution in [-0.4, -0.2) is 34.2 Å². The van der Waals surface area contributed by atoms with Gasteiger partial charge in [-0.25, -0.2) is 0 Å². The molecule has 3 heterocycles. The lowest BCUT2D eigenvalue weighted by molar-refractivity contribution is 0.195. The highest BCUT2D eigenvalue weighted by molar-refractivity contribution is 5.42. The summed E-state index contributed by atoms with van der Waals surface area (Å²) in [7, 11) is 0. The summed E-state index contributed by atoms with van der Waals surface area (Å²) in [6.07, 6.45) is 3.81. The molecule has 96 valence electrons. The Balaban J connectivity index is 1.66. The fraction of sp³-hybridized carbons (Fsp3) is 0.500. The Bertz CT molecular complexity index is 494. The number of likely N-dealkylation sites (tertiary alicyclic amines) is 1. The molecule has 2 N–H and O–H groups in total. The van der Waals surface area contributed by atoms with Crippen LogP contribution in [0.1, 0.15) is 18.7 Å². The maximum Gasteiger partial charge on any atom is 0.293 e. The zero-order valence-corrected chi connectivity index (χ0v) is 10.1. The summed E-state index contributed by atoms with van der Waals surface area (Å²) in [5.41, 5.74) is 5.94. The van der Waals surface area contributed by atoms with Crippen molar-refractivity contribution in [2.75, 3.05) is 13.1 Å². The van der Waals surface area contributed by atoms with Gasteiger partial charge in [-0.2, -0.15) is 4.98 Å². The predicted molar refractivity (Wildman–Crippen MR) is 64.5 cm³/mol. The monoisotopic (exact) mass is 248 g/mol. The molecule has 1 saturated heterocycles. The number of furan rings is 1. The summed E-state index contributed by atoms with van der Waals surface area (Å²) in [5.74, 6) is 1.70. The van der Waals surface area contributed by atoms with Gasteiger partial charge in [0.1, 0.15) is 0 Å². The predicted octanol–water partition coefficient (Wildman–Crippen LogP) is 1.25. The standard InChI is InChI=1S/C12H16N4O2/c13-9-3-1-5-16(7-9)8-11-14-12(18-15-11)10-4-2-6-17-10/h2,4,6,9H,1,3,5,7-8,13H2/t9-/m1/s1. The average molecular weight is 248 g/mol. The maximum absolute atomic E-state index is 5.94. The van der Waals surface area contributed by atoms with Crippen LogP contribution < -0.4 is 5.73 Å². The summed E-state index contributed by atoms with van der Waals surface area (Å²) in [6.45, 7) is 2.61. The molecule has 3 rings (SSSR count). The van der Waals surface area contributed by atoms with E-state index in [0.717, 1.165) is 25.9 Å². The van der Waals surface area contributed by atoms with Gasteiger partial charge in [0.25, 0.3) is 5.89 Å². The topological polar surface area (TPSA) is 81.3 Å². The molecule has 1 fully saturated rings. The van der Waals surface area contributed by atoms with E-state index < -0.39 is 0 Å². The summed E-state index contributed by atoms with van der Waals surface area (Å²) in [6, 6.07) is 3.85. The largest absolute Gasteiger partial charge is 0.459 e. The lowest BCUT2D eigenvalue weighted by Gasteiger charge is -2.29. The molecular weight excluding hydrogens is 232 g/mol. The quantitative estimate of drug-likeness (QED) is 0.880. The maximum atomic E-state index is 5.94. The van der Waals surface area contributed by atoms with Gasteiger partial charge in [-0.3, -0.25) is 4.90 Å². The van der Waals surface area contributed by atoms with E-state index in [9.17, 15) is 0 Å². The van der Waals surface area contributed by atoms with E-state index >= 15 is 0 Å². The molecule has 1 atom stereocenters. The van der Waals surface area contributed by atoms with Crippen molar-refractivity contribution in [2.45, 2.75) is 25.4 Å². The van der Waals surface area contributed by atoms with Crippen LogP contribution in [0.2, 0.25) is 0 Å². The number of aromatic nitrogens is 2. The van der Waals surface area contributed by atoms with Gasteiger partial charge >= 0.3 is 0 Å². The Morgan fingerprint density at radius 3 is 3.22 bits per heavy atom. The molecule has 18 heavy (non-hydrogen) atoms. The van der Waals surface area contributed by atoms with Crippen molar-refractivity contribution < 1.29 is 8.94 Å². The molecule has 0 saturated carbocycles. The molecule has 0 unspecified atom stereocenters. The number of hydrogen-bond acceptors (Lipinski definition) is 6. The van der Waals surface area contributed by atoms with Gasteiger partial charge in [-0.05, 0) is 31.5 Å². The van der Waals surface area contributed by atoms with Crippen LogP contribution in [0.15, 0.2) is 27.3 Å². The van der Waals surface area contributed by atoms with Gasteiger partial charge in [-0.1, -0.05) is 5.16 Å². The highest BCUT2D eigenvalue weighted by Crippen LogP contribution is 2.18. The molecular formula is C12H16N4O2. The van der Waals surface area contributed by atoms with E-state index in [0.29, 0.717) is 24.0 Å². The van der Waals surface area contributed by atoms with Crippen molar-refractivity contribution in [1.29, 1.82) is 0 Å². The molecule has 1 aliphatic rings. The van der Waals surface area contributed by atoms with E-state index in [1.807, 2.05) is 0 Å². The van der Waals surface area contributed by atoms with Crippen molar-refractivity contribution in [2.24, 2.45) is 5.73 Å². The van der Waals surface area contributed by atoms with Crippen molar-refractivity contribution >= 4 is 0 Å². The lowest BCUT2D eigenvalue weighted by atomic mass is 10.1. The molecule has 0 bridgehead atoms. The zero-order valence-electron chi connectivity index (χ0n) is 10.1. The van der Waals surface area contributed by atoms with E-state index in [1.54, 1.807) is 18.4 Å². The molecule has 0 radical (unpaired) electrons. The van der Waals surface area contributed by atoms with E-state index in [4.69, 9.17) is 14.7 Å². The van der Waals surface area contributed by atoms with E-state index in [1.165, 1.54) is 0 Å². The summed E-state index contributed by atoms with van der Waals surface area (Å²) in [5, 5.41) is 3.96. The Morgan fingerprint density at radius 2 is 2.44 bits per heavy atom. The minimum Gasteiger partial charge on any atom is -0.459 e. The molecule has 6 nitrogen and oxygen atoms in total. The van der Waals surface area contributed by atoms with Crippen LogP contribution >= 0.6 is 0 Å². The molecule has 0 amide bonds. The molecule has 0 spiro atoms. The van der Waals surface area contributed by atoms with Crippen molar-refractivity contribution in [3.8, 4) is 11.7 Å². The van der Waals surface area contributed by atoms with Crippen LogP contribution in [0.4, 0.5) is 0 Å². The van der Waals surface area contributed by atoms with Gasteiger partial charge in [0.05, 0.1) is 12.8 Å². The lowest BCUT2D eigenvalue weighted by Crippen LogP contribution is -2.42. The summed E-state index contributed by atoms with van der Waals surface area (Å²) >= 11 is 0. The number of hydrogen-bond donors (Lipinski definition) is 1. The zero-order chi connectivity index (χ0) is 12.4. The third-order valence-corrected chi connectivity index (χ3v) is 3.11. The molecule has 6 heteroatoms. The molecule has 2 aromatic heterocycles. The van der Waals surface area contributed by atoms with Crippen LogP contribution in [-0.2, 0) is 6.54 Å². The van der Waals surface area contributed by atoms with Crippen LogP contribution in [0.25, 0.3) is 11.7 Å². The van der Waals surface area contributed by atoms with Gasteiger partial charge in [0.2, 0.25) is 0 Å². The fourth-order valence-corrected chi connectivity index (χ4v) is 2.25. The van der Waals surface area contributed by atoms with Gasteiger partial charge < -0.3 is 14.7 Å². The SMILES string of the molecule is N[C@@H]1CCCN(Cc2noc(-c3ccco3)n2)C1. The second kappa shape index (κ2) is 4.91. The number of nitrogens with zero attached hydrogens (tertiary/aromatic N) is 3. The molecule has 0 aromatic carbocycles. The molecule has 0 aliphatic carbocycles. The van der Waals surface area contributed by atoms with Gasteiger partial charge in [-0.15, -0.1) is 0 Å². The fourth-order valence-electron chi connectivity index (χ4n) is 2.25. The Labute approximate surface area is 105 Å². The van der Waals surface area contributed by atoms with Crippen molar-refractivity contribution in [1.82, 2.24) is 15.0 Å². The Morgan fingerprint density at radius 1 is 1.50 bits per heavy atom. The first kappa shape index (κ1) is 11.4. The number of piperidine rings is 1. The number of rotatable bonds is 3. The van der Waals surface area contributed by atoms with Crippen molar-refractivity contribution in [3.05, 3.63) is 24.2 Å². The van der Waals surface area contributed by atoms with E-state index in [2.05, 4.69) is 15.0 Å². The second-order valence-electron chi connectivity index (χ2n) is 4.63. The van der Waals surface area contributed by atoms with Crippen LogP contribution in [0.3, 0.4) is 0 Å². The smallest absolute Gasteiger partial charge is 0.293 e. The minimum atomic E-state index is 0.259. The first-order valence-corrected chi connectivity index (χ1v) is 6.15. The summed E-state index contributed by atoms with van der Waals surface area (Å²) < 4.78 is 10.4. The molecule has 2 aromatic rings. The van der Waals surface area contributed by atoms with Crippen molar-refractivity contribution in [3.63, 3.8) is 0 Å². The first-order chi connectivity index (χ1) is 8.81. The van der Waals surface area contributed by atoms with E-state index in [-0.39, 0.29) is 6.04 Å². The number of nitrogens with two attached hydrogens (primary N) is 1. The van der Waals surface area contributed by atoms with Crippen LogP contribution in [0, 0.1) is 0 Å². The average Bonchev–Trinajstić information content (AvgIpc) is 2.98. The highest BCUT2D eigenvalue weighted by atomic mass is 16.5. The highest BCUT2D eigenvalue weighted by Gasteiger charge is 2.19. The minimum absolute atomic E-state index is 0.259. The third-order valence-electron chi connectivity index (χ3n) is 3.11. The summed E-state index contributed by atoms with van der Waals surface area (Å²) in [4.78, 5) is 6.57. The third kappa shape index (κ3) is 2.44. The second-order valence-corrected chi connectivity index (χ2v) is 4.63.